The molecule has 0 amide bonds. The van der Waals surface area contributed by atoms with Gasteiger partial charge in [0.1, 0.15) is 15.6 Å². The summed E-state index contributed by atoms with van der Waals surface area (Å²) >= 11 is 0. The van der Waals surface area contributed by atoms with Gasteiger partial charge in [-0.25, -0.2) is 8.42 Å². The summed E-state index contributed by atoms with van der Waals surface area (Å²) in [5.74, 6) is 0.592. The lowest BCUT2D eigenvalue weighted by Gasteiger charge is -2.08. The van der Waals surface area contributed by atoms with Crippen LogP contribution >= 0.6 is 0 Å². The fourth-order valence-electron chi connectivity index (χ4n) is 1.39. The Morgan fingerprint density at radius 3 is 2.65 bits per heavy atom. The highest BCUT2D eigenvalue weighted by atomic mass is 32.2. The molecule has 0 radical (unpaired) electrons. The summed E-state index contributed by atoms with van der Waals surface area (Å²) in [6, 6.07) is 5.30. The third kappa shape index (κ3) is 4.99. The number of ether oxygens (including phenoxy) is 1. The molecule has 5 heteroatoms. The van der Waals surface area contributed by atoms with Crippen molar-refractivity contribution in [1.82, 2.24) is 0 Å². The maximum Gasteiger partial charge on any atom is 0.153 e. The molecule has 0 saturated heterocycles. The van der Waals surface area contributed by atoms with Gasteiger partial charge < -0.3 is 4.74 Å². The van der Waals surface area contributed by atoms with Crippen molar-refractivity contribution < 1.29 is 17.9 Å². The Bertz CT molecular complexity index is 491. The number of carbonyl (C=O) groups excluding carboxylic acids is 1. The molecule has 0 aromatic heterocycles. The molecule has 0 aliphatic heterocycles. The van der Waals surface area contributed by atoms with Gasteiger partial charge in [-0.3, -0.25) is 4.79 Å². The van der Waals surface area contributed by atoms with Gasteiger partial charge in [-0.1, -0.05) is 11.6 Å². The van der Waals surface area contributed by atoms with Crippen molar-refractivity contribution in [1.29, 1.82) is 0 Å². The number of rotatable bonds is 6. The highest BCUT2D eigenvalue weighted by Gasteiger charge is 2.05. The van der Waals surface area contributed by atoms with E-state index in [1.165, 1.54) is 6.26 Å². The minimum atomic E-state index is -2.95. The minimum Gasteiger partial charge on any atom is -0.493 e. The van der Waals surface area contributed by atoms with Crippen LogP contribution in [0.3, 0.4) is 0 Å². The molecule has 0 spiro atoms. The van der Waals surface area contributed by atoms with E-state index in [1.54, 1.807) is 12.1 Å². The molecule has 1 aromatic rings. The van der Waals surface area contributed by atoms with Gasteiger partial charge in [-0.2, -0.15) is 0 Å². The first-order valence-electron chi connectivity index (χ1n) is 5.29. The molecule has 4 nitrogen and oxygen atoms in total. The van der Waals surface area contributed by atoms with Crippen molar-refractivity contribution in [2.24, 2.45) is 0 Å². The number of sulfone groups is 1. The molecular weight excluding hydrogens is 240 g/mol. The quantitative estimate of drug-likeness (QED) is 0.573. The van der Waals surface area contributed by atoms with E-state index < -0.39 is 9.84 Å². The standard InChI is InChI=1S/C12H16O4S/c1-10-4-5-12(11(8-10)9-13)16-6-3-7-17(2,14)15/h4-5,8-9H,3,6-7H2,1-2H3. The Labute approximate surface area is 102 Å². The van der Waals surface area contributed by atoms with E-state index in [0.717, 1.165) is 11.8 Å². The second-order valence-electron chi connectivity index (χ2n) is 3.99. The summed E-state index contributed by atoms with van der Waals surface area (Å²) < 4.78 is 27.2. The lowest BCUT2D eigenvalue weighted by atomic mass is 10.1. The third-order valence-electron chi connectivity index (χ3n) is 2.21. The molecule has 0 saturated carbocycles. The molecule has 0 heterocycles. The largest absolute Gasteiger partial charge is 0.493 e. The zero-order chi connectivity index (χ0) is 12.9. The second kappa shape index (κ2) is 5.82. The van der Waals surface area contributed by atoms with Crippen LogP contribution in [0.2, 0.25) is 0 Å². The molecule has 0 atom stereocenters. The smallest absolute Gasteiger partial charge is 0.153 e. The predicted octanol–water partition coefficient (Wildman–Crippen LogP) is 1.62. The molecule has 1 rings (SSSR count). The lowest BCUT2D eigenvalue weighted by Crippen LogP contribution is -2.08. The van der Waals surface area contributed by atoms with Crippen molar-refractivity contribution in [2.45, 2.75) is 13.3 Å². The maximum absolute atomic E-state index is 10.9. The van der Waals surface area contributed by atoms with E-state index in [0.29, 0.717) is 17.7 Å². The van der Waals surface area contributed by atoms with E-state index in [-0.39, 0.29) is 12.4 Å². The monoisotopic (exact) mass is 256 g/mol. The number of aryl methyl sites for hydroxylation is 1. The number of hydrogen-bond acceptors (Lipinski definition) is 4. The molecule has 0 N–H and O–H groups in total. The summed E-state index contributed by atoms with van der Waals surface area (Å²) in [7, 11) is -2.95. The van der Waals surface area contributed by atoms with Gasteiger partial charge in [0, 0.05) is 6.26 Å². The lowest BCUT2D eigenvalue weighted by molar-refractivity contribution is 0.111. The normalized spacial score (nSPS) is 11.2. The molecule has 1 aromatic carbocycles. The fourth-order valence-corrected chi connectivity index (χ4v) is 2.04. The zero-order valence-electron chi connectivity index (χ0n) is 9.97. The van der Waals surface area contributed by atoms with Crippen LogP contribution in [-0.2, 0) is 9.84 Å². The number of aldehydes is 1. The fraction of sp³-hybridized carbons (Fsp3) is 0.417. The van der Waals surface area contributed by atoms with E-state index in [9.17, 15) is 13.2 Å². The van der Waals surface area contributed by atoms with Crippen LogP contribution in [0, 0.1) is 6.92 Å². The Balaban J connectivity index is 2.55. The van der Waals surface area contributed by atoms with Crippen molar-refractivity contribution in [2.75, 3.05) is 18.6 Å². The molecule has 17 heavy (non-hydrogen) atoms. The van der Waals surface area contributed by atoms with Gasteiger partial charge in [0.2, 0.25) is 0 Å². The number of benzene rings is 1. The first kappa shape index (κ1) is 13.7. The maximum atomic E-state index is 10.9. The summed E-state index contributed by atoms with van der Waals surface area (Å²) in [4.78, 5) is 10.8. The van der Waals surface area contributed by atoms with Crippen LogP contribution < -0.4 is 4.74 Å². The average molecular weight is 256 g/mol. The van der Waals surface area contributed by atoms with Gasteiger partial charge in [0.25, 0.3) is 0 Å². The van der Waals surface area contributed by atoms with E-state index in [4.69, 9.17) is 4.74 Å². The van der Waals surface area contributed by atoms with E-state index in [1.807, 2.05) is 13.0 Å². The van der Waals surface area contributed by atoms with E-state index in [2.05, 4.69) is 0 Å². The predicted molar refractivity (Wildman–Crippen MR) is 66.4 cm³/mol. The number of carbonyl (C=O) groups is 1. The second-order valence-corrected chi connectivity index (χ2v) is 6.25. The van der Waals surface area contributed by atoms with Crippen LogP contribution in [0.5, 0.6) is 5.75 Å². The summed E-state index contributed by atoms with van der Waals surface area (Å²) in [6.45, 7) is 2.18. The highest BCUT2D eigenvalue weighted by molar-refractivity contribution is 7.90. The van der Waals surface area contributed by atoms with Gasteiger partial charge in [-0.15, -0.1) is 0 Å². The van der Waals surface area contributed by atoms with Gasteiger partial charge >= 0.3 is 0 Å². The molecule has 0 aliphatic rings. The topological polar surface area (TPSA) is 60.4 Å². The molecule has 0 bridgehead atoms. The van der Waals surface area contributed by atoms with Crippen LogP contribution in [0.1, 0.15) is 22.3 Å². The first-order valence-corrected chi connectivity index (χ1v) is 7.35. The Kier molecular flexibility index (Phi) is 4.69. The van der Waals surface area contributed by atoms with Crippen molar-refractivity contribution >= 4 is 16.1 Å². The number of hydrogen-bond donors (Lipinski definition) is 0. The van der Waals surface area contributed by atoms with Crippen molar-refractivity contribution in [3.05, 3.63) is 29.3 Å². The van der Waals surface area contributed by atoms with Gasteiger partial charge in [0.05, 0.1) is 17.9 Å². The SMILES string of the molecule is Cc1ccc(OCCCS(C)(=O)=O)c(C=O)c1. The zero-order valence-corrected chi connectivity index (χ0v) is 10.8. The van der Waals surface area contributed by atoms with Crippen molar-refractivity contribution in [3.8, 4) is 5.75 Å². The summed E-state index contributed by atoms with van der Waals surface area (Å²) in [6.07, 6.45) is 2.35. The Hall–Kier alpha value is -1.36. The first-order chi connectivity index (χ1) is 7.92. The van der Waals surface area contributed by atoms with Crippen LogP contribution in [0.4, 0.5) is 0 Å². The third-order valence-corrected chi connectivity index (χ3v) is 3.24. The molecule has 0 unspecified atom stereocenters. The van der Waals surface area contributed by atoms with Crippen LogP contribution in [0.25, 0.3) is 0 Å². The molecule has 0 aliphatic carbocycles. The average Bonchev–Trinajstić information content (AvgIpc) is 2.24. The molecule has 94 valence electrons. The molecule has 0 fully saturated rings. The Morgan fingerprint density at radius 2 is 2.06 bits per heavy atom. The molecular formula is C12H16O4S. The van der Waals surface area contributed by atoms with Gasteiger partial charge in [-0.05, 0) is 25.5 Å². The summed E-state index contributed by atoms with van der Waals surface area (Å²) in [5, 5.41) is 0. The van der Waals surface area contributed by atoms with Gasteiger partial charge in [0.15, 0.2) is 6.29 Å². The Morgan fingerprint density at radius 1 is 1.35 bits per heavy atom. The van der Waals surface area contributed by atoms with E-state index >= 15 is 0 Å². The van der Waals surface area contributed by atoms with Crippen LogP contribution in [0.15, 0.2) is 18.2 Å². The summed E-state index contributed by atoms with van der Waals surface area (Å²) in [5.41, 5.74) is 1.47. The van der Waals surface area contributed by atoms with Crippen molar-refractivity contribution in [3.63, 3.8) is 0 Å². The van der Waals surface area contributed by atoms with Crippen LogP contribution in [-0.4, -0.2) is 33.3 Å². The highest BCUT2D eigenvalue weighted by Crippen LogP contribution is 2.18. The minimum absolute atomic E-state index is 0.0925.